The number of likely N-dealkylation sites (N-methyl/N-ethyl adjacent to an activating group) is 1. The zero-order valence-corrected chi connectivity index (χ0v) is 10.1. The van der Waals surface area contributed by atoms with Crippen molar-refractivity contribution in [2.45, 2.75) is 20.0 Å². The number of nitrogens with zero attached hydrogens (tertiary/aromatic N) is 3. The molecular weight excluding hydrogens is 210 g/mol. The molecule has 0 amide bonds. The minimum absolute atomic E-state index is 1.07. The van der Waals surface area contributed by atoms with E-state index in [-0.39, 0.29) is 0 Å². The van der Waals surface area contributed by atoms with Crippen LogP contribution in [0.3, 0.4) is 0 Å². The van der Waals surface area contributed by atoms with Crippen molar-refractivity contribution in [3.8, 4) is 11.1 Å². The molecule has 0 spiro atoms. The van der Waals surface area contributed by atoms with Crippen molar-refractivity contribution < 1.29 is 0 Å². The first kappa shape index (κ1) is 10.5. The summed E-state index contributed by atoms with van der Waals surface area (Å²) in [4.78, 5) is 6.54. The number of hydrogen-bond donors (Lipinski definition) is 0. The molecule has 88 valence electrons. The number of pyridine rings is 1. The maximum Gasteiger partial charge on any atom is 0.0388 e. The number of aromatic nitrogens is 2. The predicted molar refractivity (Wildman–Crippen MR) is 68.6 cm³/mol. The van der Waals surface area contributed by atoms with Gasteiger partial charge in [0.05, 0.1) is 0 Å². The van der Waals surface area contributed by atoms with Crippen LogP contribution in [0, 0.1) is 0 Å². The number of hydrogen-bond acceptors (Lipinski definition) is 2. The summed E-state index contributed by atoms with van der Waals surface area (Å²) in [6, 6.07) is 6.44. The Balaban J connectivity index is 1.93. The normalized spacial score (nSPS) is 15.8. The first-order valence-electron chi connectivity index (χ1n) is 6.18. The molecule has 3 nitrogen and oxygen atoms in total. The predicted octanol–water partition coefficient (Wildman–Crippen LogP) is 2.39. The second-order valence-electron chi connectivity index (χ2n) is 4.52. The molecule has 0 bridgehead atoms. The van der Waals surface area contributed by atoms with Crippen LogP contribution in [-0.4, -0.2) is 27.5 Å². The molecule has 0 saturated heterocycles. The smallest absolute Gasteiger partial charge is 0.0388 e. The van der Waals surface area contributed by atoms with Gasteiger partial charge in [-0.25, -0.2) is 0 Å². The highest BCUT2D eigenvalue weighted by atomic mass is 15.2. The molecule has 17 heavy (non-hydrogen) atoms. The Morgan fingerprint density at radius 2 is 2.00 bits per heavy atom. The Labute approximate surface area is 102 Å². The lowest BCUT2D eigenvalue weighted by molar-refractivity contribution is 0.232. The molecular formula is C14H17N3. The van der Waals surface area contributed by atoms with Gasteiger partial charge in [-0.1, -0.05) is 6.92 Å². The van der Waals surface area contributed by atoms with Gasteiger partial charge in [0.2, 0.25) is 0 Å². The van der Waals surface area contributed by atoms with Gasteiger partial charge in [0.15, 0.2) is 0 Å². The van der Waals surface area contributed by atoms with Gasteiger partial charge in [-0.3, -0.25) is 9.88 Å². The molecule has 0 saturated carbocycles. The van der Waals surface area contributed by atoms with Gasteiger partial charge < -0.3 is 4.57 Å². The molecule has 0 aliphatic carbocycles. The Bertz CT molecular complexity index is 501. The van der Waals surface area contributed by atoms with Gasteiger partial charge in [-0.15, -0.1) is 0 Å². The van der Waals surface area contributed by atoms with Gasteiger partial charge in [-0.05, 0) is 35.9 Å². The van der Waals surface area contributed by atoms with Gasteiger partial charge in [0.25, 0.3) is 0 Å². The van der Waals surface area contributed by atoms with E-state index in [1.165, 1.54) is 16.8 Å². The molecule has 1 aliphatic heterocycles. The number of rotatable bonds is 2. The summed E-state index contributed by atoms with van der Waals surface area (Å²) in [5.41, 5.74) is 3.98. The molecule has 0 unspecified atom stereocenters. The topological polar surface area (TPSA) is 21.1 Å². The summed E-state index contributed by atoms with van der Waals surface area (Å²) in [5, 5.41) is 0. The zero-order chi connectivity index (χ0) is 11.7. The molecule has 0 atom stereocenters. The van der Waals surface area contributed by atoms with E-state index in [1.807, 2.05) is 12.4 Å². The van der Waals surface area contributed by atoms with Gasteiger partial charge in [0, 0.05) is 43.9 Å². The van der Waals surface area contributed by atoms with Crippen LogP contribution < -0.4 is 0 Å². The van der Waals surface area contributed by atoms with Crippen molar-refractivity contribution in [2.75, 3.05) is 13.1 Å². The van der Waals surface area contributed by atoms with Crippen LogP contribution in [0.1, 0.15) is 12.6 Å². The molecule has 0 N–H and O–H groups in total. The highest BCUT2D eigenvalue weighted by molar-refractivity contribution is 5.63. The second kappa shape index (κ2) is 4.34. The quantitative estimate of drug-likeness (QED) is 0.785. The lowest BCUT2D eigenvalue weighted by atomic mass is 10.1. The van der Waals surface area contributed by atoms with Crippen molar-refractivity contribution in [3.63, 3.8) is 0 Å². The largest absolute Gasteiger partial charge is 0.348 e. The molecule has 3 rings (SSSR count). The fourth-order valence-electron chi connectivity index (χ4n) is 2.42. The van der Waals surface area contributed by atoms with E-state index < -0.39 is 0 Å². The van der Waals surface area contributed by atoms with Crippen molar-refractivity contribution >= 4 is 0 Å². The van der Waals surface area contributed by atoms with Crippen LogP contribution in [0.4, 0.5) is 0 Å². The van der Waals surface area contributed by atoms with Gasteiger partial charge in [0.1, 0.15) is 0 Å². The molecule has 0 aromatic carbocycles. The Hall–Kier alpha value is -1.61. The van der Waals surface area contributed by atoms with Gasteiger partial charge in [-0.2, -0.15) is 0 Å². The Kier molecular flexibility index (Phi) is 2.69. The first-order valence-corrected chi connectivity index (χ1v) is 6.18. The van der Waals surface area contributed by atoms with Crippen molar-refractivity contribution in [3.05, 3.63) is 42.5 Å². The maximum atomic E-state index is 4.06. The van der Waals surface area contributed by atoms with E-state index in [2.05, 4.69) is 45.8 Å². The minimum Gasteiger partial charge on any atom is -0.348 e. The number of fused-ring (bicyclic) bond motifs is 1. The third kappa shape index (κ3) is 1.98. The third-order valence-electron chi connectivity index (χ3n) is 3.49. The summed E-state index contributed by atoms with van der Waals surface area (Å²) in [5.74, 6) is 0. The lowest BCUT2D eigenvalue weighted by Crippen LogP contribution is -2.32. The van der Waals surface area contributed by atoms with Crippen molar-refractivity contribution in [1.29, 1.82) is 0 Å². The highest BCUT2D eigenvalue weighted by Gasteiger charge is 2.15. The van der Waals surface area contributed by atoms with Crippen LogP contribution in [0.25, 0.3) is 11.1 Å². The Morgan fingerprint density at radius 3 is 2.76 bits per heavy atom. The van der Waals surface area contributed by atoms with Crippen molar-refractivity contribution in [1.82, 2.24) is 14.5 Å². The summed E-state index contributed by atoms with van der Waals surface area (Å²) >= 11 is 0. The van der Waals surface area contributed by atoms with E-state index in [9.17, 15) is 0 Å². The van der Waals surface area contributed by atoms with E-state index in [4.69, 9.17) is 0 Å². The summed E-state index contributed by atoms with van der Waals surface area (Å²) in [7, 11) is 0. The van der Waals surface area contributed by atoms with Crippen molar-refractivity contribution in [2.24, 2.45) is 0 Å². The van der Waals surface area contributed by atoms with E-state index in [1.54, 1.807) is 0 Å². The Morgan fingerprint density at radius 1 is 1.18 bits per heavy atom. The SMILES string of the molecule is CCN1CCn2cc(-c3ccncc3)cc2C1. The molecule has 3 heterocycles. The molecule has 0 radical (unpaired) electrons. The molecule has 0 fully saturated rings. The maximum absolute atomic E-state index is 4.06. The average Bonchev–Trinajstić information content (AvgIpc) is 2.82. The van der Waals surface area contributed by atoms with Crippen LogP contribution in [-0.2, 0) is 13.1 Å². The van der Waals surface area contributed by atoms with Crippen LogP contribution in [0.2, 0.25) is 0 Å². The first-order chi connectivity index (χ1) is 8.36. The molecule has 2 aromatic rings. The average molecular weight is 227 g/mol. The van der Waals surface area contributed by atoms with Crippen LogP contribution in [0.5, 0.6) is 0 Å². The second-order valence-corrected chi connectivity index (χ2v) is 4.52. The van der Waals surface area contributed by atoms with E-state index in [0.29, 0.717) is 0 Å². The standard InChI is InChI=1S/C14H17N3/c1-2-16-7-8-17-10-13(9-14(17)11-16)12-3-5-15-6-4-12/h3-6,9-10H,2,7-8,11H2,1H3. The van der Waals surface area contributed by atoms with E-state index >= 15 is 0 Å². The summed E-state index contributed by atoms with van der Waals surface area (Å²) in [6.45, 7) is 6.70. The van der Waals surface area contributed by atoms with Crippen LogP contribution in [0.15, 0.2) is 36.8 Å². The lowest BCUT2D eigenvalue weighted by Gasteiger charge is -2.26. The monoisotopic (exact) mass is 227 g/mol. The van der Waals surface area contributed by atoms with Crippen LogP contribution >= 0.6 is 0 Å². The van der Waals surface area contributed by atoms with E-state index in [0.717, 1.165) is 26.2 Å². The zero-order valence-electron chi connectivity index (χ0n) is 10.1. The molecule has 1 aliphatic rings. The minimum atomic E-state index is 1.07. The highest BCUT2D eigenvalue weighted by Crippen LogP contribution is 2.24. The fourth-order valence-corrected chi connectivity index (χ4v) is 2.42. The molecule has 2 aromatic heterocycles. The summed E-state index contributed by atoms with van der Waals surface area (Å²) < 4.78 is 2.38. The molecule has 3 heteroatoms. The van der Waals surface area contributed by atoms with Gasteiger partial charge >= 0.3 is 0 Å². The fraction of sp³-hybridized carbons (Fsp3) is 0.357. The summed E-state index contributed by atoms with van der Waals surface area (Å²) in [6.07, 6.45) is 5.96. The third-order valence-corrected chi connectivity index (χ3v) is 3.49.